The Hall–Kier alpha value is -1.50. The van der Waals surface area contributed by atoms with Gasteiger partial charge in [0.1, 0.15) is 5.75 Å². The van der Waals surface area contributed by atoms with Crippen LogP contribution in [-0.2, 0) is 16.7 Å². The van der Waals surface area contributed by atoms with Crippen LogP contribution < -0.4 is 4.18 Å². The largest absolute Gasteiger partial charge is 0.460 e. The van der Waals surface area contributed by atoms with Gasteiger partial charge in [0.15, 0.2) is 0 Å². The predicted octanol–water partition coefficient (Wildman–Crippen LogP) is 5.73. The SMILES string of the molecule is Br.CN(C)Cc1ccc(OS(=O)(=O)C(F)(F)C(F)(F)C(F)(F)C(F)(F)C(F)(F)C(F)(F)F)cc1. The first-order valence-electron chi connectivity index (χ1n) is 8.00. The number of alkyl halides is 13. The van der Waals surface area contributed by atoms with Gasteiger partial charge in [-0.05, 0) is 31.8 Å². The molecule has 0 heterocycles. The maximum absolute atomic E-state index is 13.8. The molecule has 19 heteroatoms. The fourth-order valence-electron chi connectivity index (χ4n) is 2.11. The highest BCUT2D eigenvalue weighted by atomic mass is 79.9. The molecule has 0 unspecified atom stereocenters. The number of rotatable bonds is 9. The molecule has 1 aromatic carbocycles. The van der Waals surface area contributed by atoms with E-state index < -0.39 is 51.0 Å². The van der Waals surface area contributed by atoms with Crippen LogP contribution in [0.3, 0.4) is 0 Å². The number of hydrogen-bond acceptors (Lipinski definition) is 4. The van der Waals surface area contributed by atoms with Gasteiger partial charge in [0.2, 0.25) is 0 Å². The lowest BCUT2D eigenvalue weighted by molar-refractivity contribution is -0.433. The van der Waals surface area contributed by atoms with Gasteiger partial charge < -0.3 is 9.08 Å². The second kappa shape index (κ2) is 9.51. The molecule has 0 aliphatic heterocycles. The van der Waals surface area contributed by atoms with Crippen LogP contribution in [0.1, 0.15) is 5.56 Å². The summed E-state index contributed by atoms with van der Waals surface area (Å²) in [6.07, 6.45) is -7.60. The van der Waals surface area contributed by atoms with E-state index in [1.165, 1.54) is 0 Å². The third kappa shape index (κ3) is 5.19. The minimum absolute atomic E-state index is 0. The van der Waals surface area contributed by atoms with Gasteiger partial charge in [-0.1, -0.05) is 12.1 Å². The molecule has 4 nitrogen and oxygen atoms in total. The van der Waals surface area contributed by atoms with Crippen molar-refractivity contribution in [2.45, 2.75) is 41.7 Å². The standard InChI is InChI=1S/C15H12F13NO3S.BrH/c1-29(2)7-8-3-5-9(6-4-8)32-33(30,31)15(27,28)13(22,23)11(18,19)10(16,17)12(20,21)14(24,25)26;/h3-6H,7H2,1-2H3;1H. The predicted molar refractivity (Wildman–Crippen MR) is 94.5 cm³/mol. The van der Waals surface area contributed by atoms with Crippen molar-refractivity contribution < 1.29 is 69.7 Å². The molecule has 0 saturated carbocycles. The number of benzene rings is 1. The highest BCUT2D eigenvalue weighted by Gasteiger charge is 2.93. The van der Waals surface area contributed by atoms with E-state index in [1.807, 2.05) is 0 Å². The maximum Gasteiger partial charge on any atom is 0.460 e. The average molecular weight is 614 g/mol. The Morgan fingerprint density at radius 3 is 1.44 bits per heavy atom. The molecule has 0 spiro atoms. The molecular formula is C15H13BrF13NO3S. The Kier molecular flexibility index (Phi) is 9.09. The summed E-state index contributed by atoms with van der Waals surface area (Å²) in [5.74, 6) is -33.6. The van der Waals surface area contributed by atoms with Crippen molar-refractivity contribution in [1.29, 1.82) is 0 Å². The second-order valence-corrected chi connectivity index (χ2v) is 8.32. The average Bonchev–Trinajstić information content (AvgIpc) is 2.60. The molecule has 0 radical (unpaired) electrons. The minimum atomic E-state index is -8.24. The van der Waals surface area contributed by atoms with Gasteiger partial charge in [0, 0.05) is 6.54 Å². The first-order chi connectivity index (χ1) is 14.4. The maximum atomic E-state index is 13.8. The summed E-state index contributed by atoms with van der Waals surface area (Å²) in [6.45, 7) is 0.177. The van der Waals surface area contributed by atoms with Crippen LogP contribution in [0.5, 0.6) is 5.75 Å². The molecule has 0 aromatic heterocycles. The molecule has 0 aliphatic carbocycles. The van der Waals surface area contributed by atoms with E-state index in [9.17, 15) is 65.5 Å². The lowest BCUT2D eigenvalue weighted by atomic mass is 9.98. The van der Waals surface area contributed by atoms with Crippen molar-refractivity contribution in [3.8, 4) is 5.75 Å². The molecule has 0 N–H and O–H groups in total. The highest BCUT2D eigenvalue weighted by Crippen LogP contribution is 2.61. The smallest absolute Gasteiger partial charge is 0.378 e. The van der Waals surface area contributed by atoms with E-state index in [0.29, 0.717) is 17.7 Å². The lowest BCUT2D eigenvalue weighted by Gasteiger charge is -2.38. The normalized spacial score (nSPS) is 14.7. The summed E-state index contributed by atoms with van der Waals surface area (Å²) < 4.78 is 196. The Morgan fingerprint density at radius 1 is 0.706 bits per heavy atom. The van der Waals surface area contributed by atoms with E-state index in [0.717, 1.165) is 12.1 Å². The zero-order valence-corrected chi connectivity index (χ0v) is 18.9. The molecular weight excluding hydrogens is 601 g/mol. The molecule has 0 amide bonds. The van der Waals surface area contributed by atoms with E-state index in [1.54, 1.807) is 19.0 Å². The molecule has 1 aromatic rings. The minimum Gasteiger partial charge on any atom is -0.378 e. The molecule has 0 saturated heterocycles. The Morgan fingerprint density at radius 2 is 1.09 bits per heavy atom. The van der Waals surface area contributed by atoms with Crippen molar-refractivity contribution in [2.75, 3.05) is 14.1 Å². The topological polar surface area (TPSA) is 46.6 Å². The third-order valence-corrected chi connectivity index (χ3v) is 5.14. The van der Waals surface area contributed by atoms with Crippen LogP contribution in [0.4, 0.5) is 57.1 Å². The van der Waals surface area contributed by atoms with E-state index in [-0.39, 0.29) is 23.5 Å². The number of halogens is 14. The van der Waals surface area contributed by atoms with Gasteiger partial charge in [-0.2, -0.15) is 65.5 Å². The summed E-state index contributed by atoms with van der Waals surface area (Å²) in [5.41, 5.74) is 0.363. The quantitative estimate of drug-likeness (QED) is 0.264. The van der Waals surface area contributed by atoms with Gasteiger partial charge in [0.05, 0.1) is 0 Å². The fraction of sp³-hybridized carbons (Fsp3) is 0.600. The Labute approximate surface area is 193 Å². The van der Waals surface area contributed by atoms with Crippen LogP contribution in [0.2, 0.25) is 0 Å². The van der Waals surface area contributed by atoms with Crippen molar-refractivity contribution >= 4 is 27.1 Å². The second-order valence-electron chi connectivity index (χ2n) is 6.73. The molecule has 0 fully saturated rings. The zero-order valence-electron chi connectivity index (χ0n) is 16.4. The van der Waals surface area contributed by atoms with E-state index in [2.05, 4.69) is 4.18 Å². The van der Waals surface area contributed by atoms with Crippen molar-refractivity contribution in [1.82, 2.24) is 4.90 Å². The van der Waals surface area contributed by atoms with E-state index >= 15 is 0 Å². The van der Waals surface area contributed by atoms with Gasteiger partial charge in [-0.3, -0.25) is 0 Å². The molecule has 0 atom stereocenters. The molecule has 1 rings (SSSR count). The number of nitrogens with zero attached hydrogens (tertiary/aromatic N) is 1. The first-order valence-corrected chi connectivity index (χ1v) is 9.41. The van der Waals surface area contributed by atoms with Crippen LogP contribution in [0, 0.1) is 0 Å². The van der Waals surface area contributed by atoms with Crippen molar-refractivity contribution in [3.05, 3.63) is 29.8 Å². The summed E-state index contributed by atoms with van der Waals surface area (Å²) in [6, 6.07) is 3.12. The van der Waals surface area contributed by atoms with Crippen LogP contribution in [0.25, 0.3) is 0 Å². The van der Waals surface area contributed by atoms with Crippen LogP contribution in [0.15, 0.2) is 24.3 Å². The van der Waals surface area contributed by atoms with Gasteiger partial charge in [-0.15, -0.1) is 17.0 Å². The molecule has 200 valence electrons. The van der Waals surface area contributed by atoms with Crippen LogP contribution >= 0.6 is 17.0 Å². The van der Waals surface area contributed by atoms with Gasteiger partial charge in [-0.25, -0.2) is 0 Å². The monoisotopic (exact) mass is 613 g/mol. The number of hydrogen-bond donors (Lipinski definition) is 0. The van der Waals surface area contributed by atoms with Crippen molar-refractivity contribution in [3.63, 3.8) is 0 Å². The lowest BCUT2D eigenvalue weighted by Crippen LogP contribution is -2.71. The van der Waals surface area contributed by atoms with Gasteiger partial charge >= 0.3 is 45.2 Å². The zero-order chi connectivity index (χ0) is 26.5. The highest BCUT2D eigenvalue weighted by molar-refractivity contribution is 8.93. The first kappa shape index (κ1) is 32.5. The molecule has 34 heavy (non-hydrogen) atoms. The van der Waals surface area contributed by atoms with Crippen molar-refractivity contribution in [2.24, 2.45) is 0 Å². The van der Waals surface area contributed by atoms with Crippen LogP contribution in [-0.4, -0.2) is 62.5 Å². The van der Waals surface area contributed by atoms with Gasteiger partial charge in [0.25, 0.3) is 0 Å². The summed E-state index contributed by atoms with van der Waals surface area (Å²) in [7, 11) is -4.23. The molecule has 0 aliphatic rings. The third-order valence-electron chi connectivity index (χ3n) is 3.85. The molecule has 0 bridgehead atoms. The summed E-state index contributed by atoms with van der Waals surface area (Å²) >= 11 is 0. The Bertz CT molecular complexity index is 947. The summed E-state index contributed by atoms with van der Waals surface area (Å²) in [4.78, 5) is 1.56. The summed E-state index contributed by atoms with van der Waals surface area (Å²) in [5, 5.41) is -7.41. The van der Waals surface area contributed by atoms with E-state index in [4.69, 9.17) is 0 Å². The Balaban J connectivity index is 0.0000109. The fourth-order valence-corrected chi connectivity index (χ4v) is 3.02.